The Morgan fingerprint density at radius 1 is 1.28 bits per heavy atom. The average Bonchev–Trinajstić information content (AvgIpc) is 3.39. The largest absolute Gasteiger partial charge is 0.366 e. The Morgan fingerprint density at radius 3 is 2.83 bits per heavy atom. The minimum Gasteiger partial charge on any atom is -0.366 e. The number of aryl methyl sites for hydroxylation is 1. The van der Waals surface area contributed by atoms with E-state index in [-0.39, 0.29) is 0 Å². The first-order valence-corrected chi connectivity index (χ1v) is 10.2. The van der Waals surface area contributed by atoms with E-state index in [2.05, 4.69) is 41.8 Å². The van der Waals surface area contributed by atoms with Crippen molar-refractivity contribution in [2.24, 2.45) is 0 Å². The predicted molar refractivity (Wildman–Crippen MR) is 111 cm³/mol. The van der Waals surface area contributed by atoms with E-state index in [9.17, 15) is 0 Å². The molecule has 0 amide bonds. The standard InChI is InChI=1S/C20H25N9/c1-12-9-17(28-27-12)24-20-25-18-16(5-7-22-18)19(26-20)23-13-10-14-3-4-15(11-13)29(14)8-2-6-21/h5,7,9,13-15H,2-4,8,10-11H2,1H3,(H4,22,23,24,25,26,27,28)/t13?,14-,15+. The SMILES string of the molecule is Cc1cc(Nc2nc(NC3C[C@H]4CC[C@@H](C3)N4CCC#N)c3cc[nH]c3n2)n[nH]1. The van der Waals surface area contributed by atoms with Crippen LogP contribution in [0, 0.1) is 18.3 Å². The molecular weight excluding hydrogens is 366 g/mol. The Labute approximate surface area is 168 Å². The van der Waals surface area contributed by atoms with Crippen LogP contribution in [0.2, 0.25) is 0 Å². The van der Waals surface area contributed by atoms with Crippen molar-refractivity contribution in [3.05, 3.63) is 24.0 Å². The van der Waals surface area contributed by atoms with E-state index < -0.39 is 0 Å². The molecule has 0 spiro atoms. The molecule has 2 fully saturated rings. The summed E-state index contributed by atoms with van der Waals surface area (Å²) in [6.45, 7) is 2.85. The Balaban J connectivity index is 1.35. The number of aromatic nitrogens is 5. The number of aromatic amines is 2. The number of fused-ring (bicyclic) bond motifs is 3. The zero-order chi connectivity index (χ0) is 19.8. The van der Waals surface area contributed by atoms with Gasteiger partial charge in [0.2, 0.25) is 5.95 Å². The van der Waals surface area contributed by atoms with Gasteiger partial charge in [-0.25, -0.2) is 0 Å². The zero-order valence-corrected chi connectivity index (χ0v) is 16.4. The first kappa shape index (κ1) is 17.9. The van der Waals surface area contributed by atoms with Crippen LogP contribution < -0.4 is 10.6 Å². The quantitative estimate of drug-likeness (QED) is 0.509. The number of rotatable bonds is 6. The van der Waals surface area contributed by atoms with Crippen LogP contribution in [-0.2, 0) is 0 Å². The van der Waals surface area contributed by atoms with E-state index in [0.29, 0.717) is 36.3 Å². The predicted octanol–water partition coefficient (Wildman–Crippen LogP) is 3.05. The number of anilines is 3. The Kier molecular flexibility index (Phi) is 4.56. The summed E-state index contributed by atoms with van der Waals surface area (Å²) in [6, 6.07) is 7.72. The van der Waals surface area contributed by atoms with Gasteiger partial charge >= 0.3 is 0 Å². The second-order valence-electron chi connectivity index (χ2n) is 8.04. The molecule has 0 radical (unpaired) electrons. The maximum atomic E-state index is 8.93. The average molecular weight is 391 g/mol. The van der Waals surface area contributed by atoms with Crippen molar-refractivity contribution in [1.29, 1.82) is 5.26 Å². The smallest absolute Gasteiger partial charge is 0.232 e. The fourth-order valence-corrected chi connectivity index (χ4v) is 4.83. The minimum absolute atomic E-state index is 0.374. The topological polar surface area (TPSA) is 121 Å². The molecule has 3 aromatic heterocycles. The highest BCUT2D eigenvalue weighted by molar-refractivity contribution is 5.88. The Bertz CT molecular complexity index is 1030. The third-order valence-electron chi connectivity index (χ3n) is 6.07. The fraction of sp³-hybridized carbons (Fsp3) is 0.500. The number of nitrogens with one attached hydrogen (secondary N) is 4. The van der Waals surface area contributed by atoms with Gasteiger partial charge in [-0.2, -0.15) is 20.3 Å². The van der Waals surface area contributed by atoms with Crippen molar-refractivity contribution in [1.82, 2.24) is 30.0 Å². The van der Waals surface area contributed by atoms with Gasteiger partial charge in [0.15, 0.2) is 5.82 Å². The molecule has 0 saturated carbocycles. The monoisotopic (exact) mass is 391 g/mol. The highest BCUT2D eigenvalue weighted by atomic mass is 15.3. The summed E-state index contributed by atoms with van der Waals surface area (Å²) in [6.07, 6.45) is 7.12. The van der Waals surface area contributed by atoms with Crippen LogP contribution in [0.3, 0.4) is 0 Å². The van der Waals surface area contributed by atoms with E-state index in [1.54, 1.807) is 0 Å². The normalized spacial score (nSPS) is 23.9. The van der Waals surface area contributed by atoms with Crippen LogP contribution in [0.25, 0.3) is 11.0 Å². The van der Waals surface area contributed by atoms with Crippen LogP contribution >= 0.6 is 0 Å². The van der Waals surface area contributed by atoms with Gasteiger partial charge in [0, 0.05) is 49.0 Å². The molecule has 29 heavy (non-hydrogen) atoms. The van der Waals surface area contributed by atoms with E-state index in [4.69, 9.17) is 10.2 Å². The van der Waals surface area contributed by atoms with E-state index in [1.165, 1.54) is 12.8 Å². The molecule has 3 aromatic rings. The van der Waals surface area contributed by atoms with E-state index >= 15 is 0 Å². The Morgan fingerprint density at radius 2 is 2.10 bits per heavy atom. The molecule has 3 atom stereocenters. The maximum Gasteiger partial charge on any atom is 0.232 e. The summed E-state index contributed by atoms with van der Waals surface area (Å²) in [7, 11) is 0. The van der Waals surface area contributed by atoms with Crippen molar-refractivity contribution in [2.75, 3.05) is 17.2 Å². The summed E-state index contributed by atoms with van der Waals surface area (Å²) in [5.74, 6) is 2.06. The summed E-state index contributed by atoms with van der Waals surface area (Å²) < 4.78 is 0. The van der Waals surface area contributed by atoms with Gasteiger partial charge in [-0.15, -0.1) is 0 Å². The molecule has 0 aromatic carbocycles. The third kappa shape index (κ3) is 3.51. The molecule has 5 rings (SSSR count). The van der Waals surface area contributed by atoms with Gasteiger partial charge < -0.3 is 15.6 Å². The molecule has 4 N–H and O–H groups in total. The van der Waals surface area contributed by atoms with Crippen LogP contribution in [0.4, 0.5) is 17.6 Å². The molecule has 9 nitrogen and oxygen atoms in total. The lowest BCUT2D eigenvalue weighted by atomic mass is 9.97. The maximum absolute atomic E-state index is 8.93. The summed E-state index contributed by atoms with van der Waals surface area (Å²) in [5.41, 5.74) is 1.78. The van der Waals surface area contributed by atoms with Crippen molar-refractivity contribution < 1.29 is 0 Å². The number of piperidine rings is 1. The highest BCUT2D eigenvalue weighted by Gasteiger charge is 2.40. The van der Waals surface area contributed by atoms with E-state index in [1.807, 2.05) is 25.3 Å². The van der Waals surface area contributed by atoms with Crippen LogP contribution in [-0.4, -0.2) is 54.7 Å². The van der Waals surface area contributed by atoms with Gasteiger partial charge in [-0.05, 0) is 38.7 Å². The number of hydrogen-bond donors (Lipinski definition) is 4. The fourth-order valence-electron chi connectivity index (χ4n) is 4.83. The van der Waals surface area contributed by atoms with Crippen LogP contribution in [0.5, 0.6) is 0 Å². The van der Waals surface area contributed by atoms with Crippen molar-refractivity contribution in [3.63, 3.8) is 0 Å². The Hall–Kier alpha value is -3.12. The van der Waals surface area contributed by atoms with Gasteiger partial charge in [0.25, 0.3) is 0 Å². The number of hydrogen-bond acceptors (Lipinski definition) is 7. The molecule has 0 aliphatic carbocycles. The summed E-state index contributed by atoms with van der Waals surface area (Å²) in [5, 5.41) is 23.9. The van der Waals surface area contributed by atoms with Gasteiger partial charge in [0.05, 0.1) is 11.5 Å². The minimum atomic E-state index is 0.374. The molecule has 1 unspecified atom stereocenters. The van der Waals surface area contributed by atoms with Gasteiger partial charge in [0.1, 0.15) is 11.5 Å². The molecular formula is C20H25N9. The van der Waals surface area contributed by atoms with Gasteiger partial charge in [-0.1, -0.05) is 0 Å². The highest BCUT2D eigenvalue weighted by Crippen LogP contribution is 2.37. The molecule has 150 valence electrons. The molecule has 2 aliphatic rings. The lowest BCUT2D eigenvalue weighted by molar-refractivity contribution is 0.136. The third-order valence-corrected chi connectivity index (χ3v) is 6.07. The van der Waals surface area contributed by atoms with Crippen molar-refractivity contribution in [2.45, 2.75) is 57.2 Å². The number of H-pyrrole nitrogens is 2. The molecule has 2 bridgehead atoms. The van der Waals surface area contributed by atoms with Crippen molar-refractivity contribution in [3.8, 4) is 6.07 Å². The van der Waals surface area contributed by atoms with Crippen LogP contribution in [0.1, 0.15) is 37.8 Å². The molecule has 5 heterocycles. The lowest BCUT2D eigenvalue weighted by Crippen LogP contribution is -2.47. The molecule has 9 heteroatoms. The second kappa shape index (κ2) is 7.37. The first-order chi connectivity index (χ1) is 14.2. The summed E-state index contributed by atoms with van der Waals surface area (Å²) in [4.78, 5) is 15.1. The summed E-state index contributed by atoms with van der Waals surface area (Å²) >= 11 is 0. The lowest BCUT2D eigenvalue weighted by Gasteiger charge is -2.39. The zero-order valence-electron chi connectivity index (χ0n) is 16.4. The first-order valence-electron chi connectivity index (χ1n) is 10.2. The van der Waals surface area contributed by atoms with E-state index in [0.717, 1.165) is 41.9 Å². The number of nitriles is 1. The molecule has 2 saturated heterocycles. The second-order valence-corrected chi connectivity index (χ2v) is 8.04. The van der Waals surface area contributed by atoms with Gasteiger partial charge in [-0.3, -0.25) is 10.00 Å². The van der Waals surface area contributed by atoms with Crippen LogP contribution in [0.15, 0.2) is 18.3 Å². The van der Waals surface area contributed by atoms with Crippen molar-refractivity contribution >= 4 is 28.6 Å². The molecule has 2 aliphatic heterocycles. The number of nitrogens with zero attached hydrogens (tertiary/aromatic N) is 5.